The molecule has 5 nitrogen and oxygen atoms in total. The van der Waals surface area contributed by atoms with Gasteiger partial charge >= 0.3 is 0 Å². The molecule has 0 aliphatic carbocycles. The zero-order chi connectivity index (χ0) is 19.9. The Balaban J connectivity index is 1.57. The fraction of sp³-hybridized carbons (Fsp3) is 0.190. The van der Waals surface area contributed by atoms with Crippen LogP contribution in [0.2, 0.25) is 0 Å². The number of fused-ring (bicyclic) bond motifs is 1. The van der Waals surface area contributed by atoms with Gasteiger partial charge in [-0.15, -0.1) is 16.4 Å². The highest BCUT2D eigenvalue weighted by Gasteiger charge is 2.16. The molecule has 2 aromatic carbocycles. The summed E-state index contributed by atoms with van der Waals surface area (Å²) in [5, 5.41) is 9.03. The first-order chi connectivity index (χ1) is 13.3. The predicted octanol–water partition coefficient (Wildman–Crippen LogP) is 5.15. The number of carbonyl (C=O) groups is 1. The van der Waals surface area contributed by atoms with Crippen LogP contribution < -0.4 is 5.32 Å². The lowest BCUT2D eigenvalue weighted by Crippen LogP contribution is -2.15. The first kappa shape index (κ1) is 18.3. The van der Waals surface area contributed by atoms with Gasteiger partial charge < -0.3 is 0 Å². The first-order valence-electron chi connectivity index (χ1n) is 8.83. The maximum absolute atomic E-state index is 13.2. The number of amides is 1. The molecule has 142 valence electrons. The Bertz CT molecular complexity index is 1140. The smallest absolute Gasteiger partial charge is 0.258 e. The molecule has 7 heteroatoms. The van der Waals surface area contributed by atoms with E-state index in [9.17, 15) is 9.18 Å². The van der Waals surface area contributed by atoms with Crippen molar-refractivity contribution in [2.45, 2.75) is 26.2 Å². The monoisotopic (exact) mass is 394 g/mol. The zero-order valence-electron chi connectivity index (χ0n) is 15.7. The molecule has 28 heavy (non-hydrogen) atoms. The Kier molecular flexibility index (Phi) is 4.47. The summed E-state index contributed by atoms with van der Waals surface area (Å²) in [4.78, 5) is 17.5. The number of nitrogens with zero attached hydrogens (tertiary/aromatic N) is 3. The van der Waals surface area contributed by atoms with Crippen LogP contribution in [0.1, 0.15) is 36.7 Å². The Morgan fingerprint density at radius 1 is 1.07 bits per heavy atom. The first-order valence-corrected chi connectivity index (χ1v) is 9.71. The molecule has 2 heterocycles. The number of halogens is 1. The minimum Gasteiger partial charge on any atom is -0.289 e. The molecular weight excluding hydrogens is 375 g/mol. The van der Waals surface area contributed by atoms with E-state index in [0.717, 1.165) is 16.8 Å². The molecule has 4 aromatic rings. The van der Waals surface area contributed by atoms with E-state index < -0.39 is 0 Å². The predicted molar refractivity (Wildman–Crippen MR) is 109 cm³/mol. The van der Waals surface area contributed by atoms with Gasteiger partial charge in [0.05, 0.1) is 5.69 Å². The van der Waals surface area contributed by atoms with Crippen molar-refractivity contribution in [1.29, 1.82) is 0 Å². The summed E-state index contributed by atoms with van der Waals surface area (Å²) < 4.78 is 14.8. The molecule has 0 saturated carbocycles. The van der Waals surface area contributed by atoms with Gasteiger partial charge in [0, 0.05) is 16.5 Å². The molecular formula is C21H19FN4OS. The number of hydrogen-bond acceptors (Lipinski definition) is 4. The Morgan fingerprint density at radius 2 is 1.75 bits per heavy atom. The molecule has 0 aliphatic rings. The average molecular weight is 394 g/mol. The summed E-state index contributed by atoms with van der Waals surface area (Å²) in [7, 11) is 0. The van der Waals surface area contributed by atoms with Gasteiger partial charge in [0.25, 0.3) is 11.9 Å². The highest BCUT2D eigenvalue weighted by atomic mass is 32.1. The van der Waals surface area contributed by atoms with Gasteiger partial charge in [0.2, 0.25) is 4.96 Å². The van der Waals surface area contributed by atoms with Crippen molar-refractivity contribution < 1.29 is 9.18 Å². The summed E-state index contributed by atoms with van der Waals surface area (Å²) in [5.41, 5.74) is 3.36. The molecule has 4 rings (SSSR count). The normalized spacial score (nSPS) is 11.7. The van der Waals surface area contributed by atoms with Gasteiger partial charge in [0.1, 0.15) is 5.82 Å². The zero-order valence-corrected chi connectivity index (χ0v) is 16.5. The topological polar surface area (TPSA) is 59.3 Å². The van der Waals surface area contributed by atoms with Crippen molar-refractivity contribution in [2.75, 3.05) is 5.32 Å². The second-order valence-corrected chi connectivity index (χ2v) is 8.38. The number of thiazole rings is 1. The maximum Gasteiger partial charge on any atom is 0.258 e. The SMILES string of the molecule is CC(C)(C)c1ccc(C(=O)Nc2nc3scc(-c4ccc(F)cc4)n3n2)cc1. The van der Waals surface area contributed by atoms with Gasteiger partial charge in [-0.3, -0.25) is 10.1 Å². The number of anilines is 1. The van der Waals surface area contributed by atoms with Gasteiger partial charge in [-0.05, 0) is 47.4 Å². The van der Waals surface area contributed by atoms with E-state index in [-0.39, 0.29) is 23.1 Å². The van der Waals surface area contributed by atoms with Crippen molar-refractivity contribution in [3.63, 3.8) is 0 Å². The standard InChI is InChI=1S/C21H19FN4OS/c1-21(2,3)15-8-4-14(5-9-15)18(27)23-19-24-20-26(25-19)17(12-28-20)13-6-10-16(22)11-7-13/h4-12H,1-3H3,(H,23,25,27). The Hall–Kier alpha value is -3.06. The lowest BCUT2D eigenvalue weighted by atomic mass is 9.87. The lowest BCUT2D eigenvalue weighted by molar-refractivity contribution is 0.102. The maximum atomic E-state index is 13.2. The van der Waals surface area contributed by atoms with Gasteiger partial charge in [-0.2, -0.15) is 4.98 Å². The number of aromatic nitrogens is 3. The van der Waals surface area contributed by atoms with Crippen molar-refractivity contribution >= 4 is 28.2 Å². The second kappa shape index (κ2) is 6.83. The van der Waals surface area contributed by atoms with Crippen LogP contribution in [0.15, 0.2) is 53.9 Å². The number of nitrogens with one attached hydrogen (secondary N) is 1. The van der Waals surface area contributed by atoms with E-state index in [2.05, 4.69) is 36.2 Å². The third-order valence-electron chi connectivity index (χ3n) is 4.46. The van der Waals surface area contributed by atoms with Gasteiger partial charge in [0.15, 0.2) is 0 Å². The van der Waals surface area contributed by atoms with Crippen molar-refractivity contribution in [1.82, 2.24) is 14.6 Å². The number of benzene rings is 2. The van der Waals surface area contributed by atoms with E-state index in [1.165, 1.54) is 23.5 Å². The minimum atomic E-state index is -0.292. The average Bonchev–Trinajstić information content (AvgIpc) is 3.22. The lowest BCUT2D eigenvalue weighted by Gasteiger charge is -2.18. The van der Waals surface area contributed by atoms with Crippen LogP contribution >= 0.6 is 11.3 Å². The third-order valence-corrected chi connectivity index (χ3v) is 5.28. The van der Waals surface area contributed by atoms with Crippen LogP contribution in [-0.4, -0.2) is 20.5 Å². The highest BCUT2D eigenvalue weighted by molar-refractivity contribution is 7.15. The van der Waals surface area contributed by atoms with Crippen LogP contribution in [0.25, 0.3) is 16.2 Å². The fourth-order valence-corrected chi connectivity index (χ4v) is 3.68. The highest BCUT2D eigenvalue weighted by Crippen LogP contribution is 2.26. The largest absolute Gasteiger partial charge is 0.289 e. The van der Waals surface area contributed by atoms with Crippen LogP contribution in [0, 0.1) is 5.82 Å². The van der Waals surface area contributed by atoms with Crippen molar-refractivity contribution in [3.05, 3.63) is 70.9 Å². The number of hydrogen-bond donors (Lipinski definition) is 1. The molecule has 0 bridgehead atoms. The summed E-state index contributed by atoms with van der Waals surface area (Å²) >= 11 is 1.41. The van der Waals surface area contributed by atoms with Gasteiger partial charge in [-0.25, -0.2) is 8.91 Å². The minimum absolute atomic E-state index is 0.0293. The fourth-order valence-electron chi connectivity index (χ4n) is 2.85. The van der Waals surface area contributed by atoms with Crippen molar-refractivity contribution in [2.24, 2.45) is 0 Å². The summed E-state index contributed by atoms with van der Waals surface area (Å²) in [5.74, 6) is -0.318. The van der Waals surface area contributed by atoms with E-state index >= 15 is 0 Å². The van der Waals surface area contributed by atoms with Gasteiger partial charge in [-0.1, -0.05) is 32.9 Å². The van der Waals surface area contributed by atoms with Crippen molar-refractivity contribution in [3.8, 4) is 11.3 Å². The molecule has 0 atom stereocenters. The molecule has 1 N–H and O–H groups in total. The van der Waals surface area contributed by atoms with E-state index in [1.807, 2.05) is 17.5 Å². The second-order valence-electron chi connectivity index (χ2n) is 7.54. The summed E-state index contributed by atoms with van der Waals surface area (Å²) in [6, 6.07) is 13.7. The molecule has 2 aromatic heterocycles. The Morgan fingerprint density at radius 3 is 2.39 bits per heavy atom. The molecule has 0 aliphatic heterocycles. The summed E-state index contributed by atoms with van der Waals surface area (Å²) in [6.07, 6.45) is 0. The third kappa shape index (κ3) is 3.53. The van der Waals surface area contributed by atoms with E-state index in [0.29, 0.717) is 10.5 Å². The van der Waals surface area contributed by atoms with E-state index in [1.54, 1.807) is 28.8 Å². The quantitative estimate of drug-likeness (QED) is 0.523. The molecule has 0 spiro atoms. The van der Waals surface area contributed by atoms with Crippen LogP contribution in [0.3, 0.4) is 0 Å². The Labute approximate surface area is 165 Å². The number of rotatable bonds is 3. The van der Waals surface area contributed by atoms with Crippen LogP contribution in [-0.2, 0) is 5.41 Å². The summed E-state index contributed by atoms with van der Waals surface area (Å²) in [6.45, 7) is 6.38. The van der Waals surface area contributed by atoms with Crippen LogP contribution in [0.4, 0.5) is 10.3 Å². The molecule has 0 unspecified atom stereocenters. The molecule has 0 fully saturated rings. The van der Waals surface area contributed by atoms with Crippen LogP contribution in [0.5, 0.6) is 0 Å². The molecule has 1 amide bonds. The van der Waals surface area contributed by atoms with E-state index in [4.69, 9.17) is 0 Å². The number of carbonyl (C=O) groups excluding carboxylic acids is 1. The molecule has 0 radical (unpaired) electrons. The molecule has 0 saturated heterocycles.